The number of piperidine rings is 1. The Balaban J connectivity index is 1.57. The van der Waals surface area contributed by atoms with E-state index in [1.807, 2.05) is 6.92 Å². The Kier molecular flexibility index (Phi) is 4.75. The molecule has 0 aromatic carbocycles. The summed E-state index contributed by atoms with van der Waals surface area (Å²) in [6.07, 6.45) is 4.03. The number of hydrogen-bond donors (Lipinski definition) is 2. The number of aromatic nitrogens is 1. The Morgan fingerprint density at radius 1 is 1.62 bits per heavy atom. The van der Waals surface area contributed by atoms with Gasteiger partial charge in [0.2, 0.25) is 0 Å². The highest BCUT2D eigenvalue weighted by Crippen LogP contribution is 2.13. The van der Waals surface area contributed by atoms with E-state index in [0.29, 0.717) is 0 Å². The first-order valence-corrected chi connectivity index (χ1v) is 7.05. The van der Waals surface area contributed by atoms with Gasteiger partial charge in [-0.15, -0.1) is 11.3 Å². The zero-order valence-electron chi connectivity index (χ0n) is 9.96. The number of nitrogens with one attached hydrogen (secondary N) is 2. The van der Waals surface area contributed by atoms with Crippen molar-refractivity contribution in [1.29, 1.82) is 0 Å². The van der Waals surface area contributed by atoms with Crippen LogP contribution < -0.4 is 10.6 Å². The lowest BCUT2D eigenvalue weighted by Gasteiger charge is -2.22. The number of hydrogen-bond acceptors (Lipinski definition) is 4. The number of thiazole rings is 1. The standard InChI is InChI=1S/C12H21N3S/c1-10-9-16-12(15-10)8-14-6-4-11-3-2-5-13-7-11/h9,11,13-14H,2-8H2,1H3. The maximum Gasteiger partial charge on any atom is 0.107 e. The van der Waals surface area contributed by atoms with Crippen LogP contribution in [-0.2, 0) is 6.54 Å². The first-order chi connectivity index (χ1) is 7.84. The van der Waals surface area contributed by atoms with Crippen LogP contribution in [0, 0.1) is 12.8 Å². The fraction of sp³-hybridized carbons (Fsp3) is 0.750. The van der Waals surface area contributed by atoms with Gasteiger partial charge in [-0.3, -0.25) is 0 Å². The monoisotopic (exact) mass is 239 g/mol. The molecule has 0 bridgehead atoms. The van der Waals surface area contributed by atoms with Gasteiger partial charge in [0.25, 0.3) is 0 Å². The third-order valence-electron chi connectivity index (χ3n) is 3.07. The van der Waals surface area contributed by atoms with Crippen LogP contribution >= 0.6 is 11.3 Å². The van der Waals surface area contributed by atoms with Crippen molar-refractivity contribution < 1.29 is 0 Å². The van der Waals surface area contributed by atoms with Gasteiger partial charge in [-0.1, -0.05) is 0 Å². The molecule has 1 atom stereocenters. The van der Waals surface area contributed by atoms with E-state index in [2.05, 4.69) is 21.0 Å². The highest BCUT2D eigenvalue weighted by atomic mass is 32.1. The summed E-state index contributed by atoms with van der Waals surface area (Å²) in [5.74, 6) is 0.874. The Bertz CT molecular complexity index is 305. The fourth-order valence-electron chi connectivity index (χ4n) is 2.16. The van der Waals surface area contributed by atoms with Crippen molar-refractivity contribution in [2.45, 2.75) is 32.7 Å². The van der Waals surface area contributed by atoms with Crippen molar-refractivity contribution in [3.63, 3.8) is 0 Å². The minimum absolute atomic E-state index is 0.874. The van der Waals surface area contributed by atoms with Gasteiger partial charge in [-0.2, -0.15) is 0 Å². The maximum absolute atomic E-state index is 4.44. The van der Waals surface area contributed by atoms with E-state index in [0.717, 1.165) is 24.7 Å². The molecule has 1 aromatic heterocycles. The van der Waals surface area contributed by atoms with Crippen molar-refractivity contribution >= 4 is 11.3 Å². The predicted molar refractivity (Wildman–Crippen MR) is 68.8 cm³/mol. The summed E-state index contributed by atoms with van der Waals surface area (Å²) >= 11 is 1.75. The second-order valence-electron chi connectivity index (χ2n) is 4.56. The topological polar surface area (TPSA) is 37.0 Å². The third kappa shape index (κ3) is 3.85. The van der Waals surface area contributed by atoms with E-state index in [1.54, 1.807) is 11.3 Å². The predicted octanol–water partition coefficient (Wildman–Crippen LogP) is 1.93. The highest BCUT2D eigenvalue weighted by molar-refractivity contribution is 7.09. The zero-order chi connectivity index (χ0) is 11.2. The molecule has 4 heteroatoms. The second kappa shape index (κ2) is 6.33. The van der Waals surface area contributed by atoms with Gasteiger partial charge in [-0.25, -0.2) is 4.98 Å². The molecule has 2 rings (SSSR count). The molecule has 90 valence electrons. The largest absolute Gasteiger partial charge is 0.316 e. The normalized spacial score (nSPS) is 21.2. The molecule has 1 aromatic rings. The Morgan fingerprint density at radius 2 is 2.56 bits per heavy atom. The van der Waals surface area contributed by atoms with Crippen LogP contribution in [0.1, 0.15) is 30.0 Å². The van der Waals surface area contributed by atoms with Crippen molar-refractivity contribution in [2.75, 3.05) is 19.6 Å². The van der Waals surface area contributed by atoms with Gasteiger partial charge in [0.15, 0.2) is 0 Å². The van der Waals surface area contributed by atoms with E-state index >= 15 is 0 Å². The summed E-state index contributed by atoms with van der Waals surface area (Å²) in [4.78, 5) is 4.44. The van der Waals surface area contributed by atoms with Crippen molar-refractivity contribution in [3.05, 3.63) is 16.1 Å². The minimum atomic E-state index is 0.874. The third-order valence-corrected chi connectivity index (χ3v) is 4.04. The van der Waals surface area contributed by atoms with Crippen LogP contribution in [0.25, 0.3) is 0 Å². The molecule has 16 heavy (non-hydrogen) atoms. The maximum atomic E-state index is 4.44. The second-order valence-corrected chi connectivity index (χ2v) is 5.50. The Hall–Kier alpha value is -0.450. The van der Waals surface area contributed by atoms with E-state index in [9.17, 15) is 0 Å². The molecule has 0 aliphatic carbocycles. The van der Waals surface area contributed by atoms with Crippen LogP contribution in [0.2, 0.25) is 0 Å². The van der Waals surface area contributed by atoms with E-state index in [4.69, 9.17) is 0 Å². The molecule has 1 saturated heterocycles. The summed E-state index contributed by atoms with van der Waals surface area (Å²) in [5.41, 5.74) is 1.14. The van der Waals surface area contributed by atoms with Crippen LogP contribution in [0.3, 0.4) is 0 Å². The van der Waals surface area contributed by atoms with Crippen LogP contribution in [0.15, 0.2) is 5.38 Å². The molecule has 0 saturated carbocycles. The van der Waals surface area contributed by atoms with Gasteiger partial charge in [0, 0.05) is 17.6 Å². The average Bonchev–Trinajstić information content (AvgIpc) is 2.72. The molecular weight excluding hydrogens is 218 g/mol. The molecule has 2 N–H and O–H groups in total. The van der Waals surface area contributed by atoms with Crippen LogP contribution in [-0.4, -0.2) is 24.6 Å². The molecule has 0 radical (unpaired) electrons. The summed E-state index contributed by atoms with van der Waals surface area (Å²) < 4.78 is 0. The van der Waals surface area contributed by atoms with Gasteiger partial charge < -0.3 is 10.6 Å². The molecule has 2 heterocycles. The van der Waals surface area contributed by atoms with Crippen molar-refractivity contribution in [2.24, 2.45) is 5.92 Å². The van der Waals surface area contributed by atoms with Crippen molar-refractivity contribution in [3.8, 4) is 0 Å². The molecular formula is C12H21N3S. The minimum Gasteiger partial charge on any atom is -0.316 e. The molecule has 0 spiro atoms. The first-order valence-electron chi connectivity index (χ1n) is 6.17. The summed E-state index contributed by atoms with van der Waals surface area (Å²) in [6.45, 7) is 6.51. The van der Waals surface area contributed by atoms with Crippen LogP contribution in [0.4, 0.5) is 0 Å². The number of rotatable bonds is 5. The quantitative estimate of drug-likeness (QED) is 0.771. The molecule has 1 unspecified atom stereocenters. The molecule has 1 aliphatic rings. The zero-order valence-corrected chi connectivity index (χ0v) is 10.8. The van der Waals surface area contributed by atoms with Gasteiger partial charge >= 0.3 is 0 Å². The summed E-state index contributed by atoms with van der Waals surface area (Å²) in [7, 11) is 0. The van der Waals surface area contributed by atoms with Crippen molar-refractivity contribution in [1.82, 2.24) is 15.6 Å². The van der Waals surface area contributed by atoms with E-state index in [1.165, 1.54) is 37.4 Å². The lowest BCUT2D eigenvalue weighted by molar-refractivity contribution is 0.352. The smallest absolute Gasteiger partial charge is 0.107 e. The lowest BCUT2D eigenvalue weighted by atomic mass is 9.96. The average molecular weight is 239 g/mol. The number of aryl methyl sites for hydroxylation is 1. The summed E-state index contributed by atoms with van der Waals surface area (Å²) in [6, 6.07) is 0. The fourth-order valence-corrected chi connectivity index (χ4v) is 2.90. The Morgan fingerprint density at radius 3 is 3.25 bits per heavy atom. The first kappa shape index (κ1) is 12.0. The van der Waals surface area contributed by atoms with Gasteiger partial charge in [-0.05, 0) is 51.7 Å². The summed E-state index contributed by atoms with van der Waals surface area (Å²) in [5, 5.41) is 10.3. The SMILES string of the molecule is Cc1csc(CNCCC2CCCNC2)n1. The molecule has 1 aliphatic heterocycles. The van der Waals surface area contributed by atoms with Gasteiger partial charge in [0.1, 0.15) is 5.01 Å². The molecule has 1 fully saturated rings. The van der Waals surface area contributed by atoms with Crippen LogP contribution in [0.5, 0.6) is 0 Å². The number of nitrogens with zero attached hydrogens (tertiary/aromatic N) is 1. The highest BCUT2D eigenvalue weighted by Gasteiger charge is 2.11. The Labute approximate surface area is 102 Å². The van der Waals surface area contributed by atoms with E-state index in [-0.39, 0.29) is 0 Å². The lowest BCUT2D eigenvalue weighted by Crippen LogP contribution is -2.31. The molecule has 0 amide bonds. The molecule has 3 nitrogen and oxygen atoms in total. The van der Waals surface area contributed by atoms with Gasteiger partial charge in [0.05, 0.1) is 0 Å². The van der Waals surface area contributed by atoms with E-state index < -0.39 is 0 Å².